The van der Waals surface area contributed by atoms with Gasteiger partial charge in [-0.3, -0.25) is 10.1 Å². The quantitative estimate of drug-likeness (QED) is 0.686. The predicted octanol–water partition coefficient (Wildman–Crippen LogP) is 2.95. The van der Waals surface area contributed by atoms with Crippen molar-refractivity contribution < 1.29 is 22.8 Å². The lowest BCUT2D eigenvalue weighted by atomic mass is 10.1. The molecule has 138 valence electrons. The van der Waals surface area contributed by atoms with Crippen LogP contribution in [0.4, 0.5) is 23.8 Å². The SMILES string of the molecule is NC(=O)c1cccc(NC(=O)NCCCc2cccc(C(F)(F)F)c2)n1. The molecule has 0 unspecified atom stereocenters. The Balaban J connectivity index is 1.79. The van der Waals surface area contributed by atoms with Gasteiger partial charge < -0.3 is 11.1 Å². The lowest BCUT2D eigenvalue weighted by Gasteiger charge is -2.09. The zero-order chi connectivity index (χ0) is 19.2. The molecule has 0 saturated carbocycles. The van der Waals surface area contributed by atoms with Gasteiger partial charge in [-0.25, -0.2) is 9.78 Å². The van der Waals surface area contributed by atoms with Crippen molar-refractivity contribution >= 4 is 17.8 Å². The molecule has 0 radical (unpaired) electrons. The maximum absolute atomic E-state index is 12.6. The lowest BCUT2D eigenvalue weighted by Crippen LogP contribution is -2.30. The molecule has 0 aliphatic rings. The molecule has 0 saturated heterocycles. The largest absolute Gasteiger partial charge is 0.416 e. The van der Waals surface area contributed by atoms with E-state index in [4.69, 9.17) is 5.73 Å². The monoisotopic (exact) mass is 366 g/mol. The van der Waals surface area contributed by atoms with Gasteiger partial charge in [0, 0.05) is 6.54 Å². The maximum atomic E-state index is 12.6. The normalized spacial score (nSPS) is 11.0. The fourth-order valence-electron chi connectivity index (χ4n) is 2.20. The van der Waals surface area contributed by atoms with Gasteiger partial charge in [-0.2, -0.15) is 13.2 Å². The number of carbonyl (C=O) groups is 2. The van der Waals surface area contributed by atoms with Gasteiger partial charge in [0.15, 0.2) is 0 Å². The van der Waals surface area contributed by atoms with Crippen LogP contribution in [0.2, 0.25) is 0 Å². The van der Waals surface area contributed by atoms with Crippen LogP contribution in [0.5, 0.6) is 0 Å². The van der Waals surface area contributed by atoms with Gasteiger partial charge in [0.05, 0.1) is 5.56 Å². The molecule has 2 aromatic rings. The zero-order valence-corrected chi connectivity index (χ0v) is 13.6. The Labute approximate surface area is 147 Å². The van der Waals surface area contributed by atoms with Gasteiger partial charge in [-0.05, 0) is 36.6 Å². The number of amides is 3. The van der Waals surface area contributed by atoms with Crippen molar-refractivity contribution in [3.05, 3.63) is 59.3 Å². The number of primary amides is 1. The number of anilines is 1. The number of pyridine rings is 1. The number of halogens is 3. The fourth-order valence-corrected chi connectivity index (χ4v) is 2.20. The molecule has 6 nitrogen and oxygen atoms in total. The Morgan fingerprint density at radius 1 is 1.12 bits per heavy atom. The first-order chi connectivity index (χ1) is 12.3. The number of carbonyl (C=O) groups excluding carboxylic acids is 2. The molecule has 0 fully saturated rings. The lowest BCUT2D eigenvalue weighted by molar-refractivity contribution is -0.137. The van der Waals surface area contributed by atoms with E-state index >= 15 is 0 Å². The number of hydrogen-bond acceptors (Lipinski definition) is 3. The molecule has 0 aliphatic carbocycles. The van der Waals surface area contributed by atoms with E-state index in [2.05, 4.69) is 15.6 Å². The third-order valence-electron chi connectivity index (χ3n) is 3.43. The van der Waals surface area contributed by atoms with Gasteiger partial charge in [-0.15, -0.1) is 0 Å². The summed E-state index contributed by atoms with van der Waals surface area (Å²) < 4.78 is 37.9. The summed E-state index contributed by atoms with van der Waals surface area (Å²) in [5.41, 5.74) is 4.97. The van der Waals surface area contributed by atoms with Crippen LogP contribution in [0.3, 0.4) is 0 Å². The summed E-state index contributed by atoms with van der Waals surface area (Å²) in [5, 5.41) is 5.01. The maximum Gasteiger partial charge on any atom is 0.416 e. The predicted molar refractivity (Wildman–Crippen MR) is 89.5 cm³/mol. The fraction of sp³-hybridized carbons (Fsp3) is 0.235. The number of aromatic nitrogens is 1. The van der Waals surface area contributed by atoms with Gasteiger partial charge in [0.25, 0.3) is 5.91 Å². The van der Waals surface area contributed by atoms with Crippen molar-refractivity contribution in [3.63, 3.8) is 0 Å². The van der Waals surface area contributed by atoms with E-state index in [9.17, 15) is 22.8 Å². The Bertz CT molecular complexity index is 794. The van der Waals surface area contributed by atoms with E-state index in [1.807, 2.05) is 0 Å². The number of nitrogens with zero attached hydrogens (tertiary/aromatic N) is 1. The minimum Gasteiger partial charge on any atom is -0.364 e. The van der Waals surface area contributed by atoms with Crippen LogP contribution in [0.25, 0.3) is 0 Å². The first kappa shape index (κ1) is 19.2. The van der Waals surface area contributed by atoms with E-state index in [0.717, 1.165) is 12.1 Å². The van der Waals surface area contributed by atoms with E-state index in [1.54, 1.807) is 6.07 Å². The number of nitrogens with one attached hydrogen (secondary N) is 2. The molecule has 1 aromatic heterocycles. The van der Waals surface area contributed by atoms with Crippen LogP contribution in [-0.4, -0.2) is 23.5 Å². The highest BCUT2D eigenvalue weighted by Gasteiger charge is 2.30. The molecule has 9 heteroatoms. The molecular weight excluding hydrogens is 349 g/mol. The van der Waals surface area contributed by atoms with Crippen molar-refractivity contribution in [1.29, 1.82) is 0 Å². The Morgan fingerprint density at radius 2 is 1.85 bits per heavy atom. The molecular formula is C17H17F3N4O2. The second kappa shape index (κ2) is 8.32. The second-order valence-electron chi connectivity index (χ2n) is 5.45. The number of alkyl halides is 3. The van der Waals surface area contributed by atoms with Gasteiger partial charge in [-0.1, -0.05) is 24.3 Å². The molecule has 4 N–H and O–H groups in total. The Kier molecular flexibility index (Phi) is 6.16. The number of benzene rings is 1. The highest BCUT2D eigenvalue weighted by Crippen LogP contribution is 2.29. The number of urea groups is 1. The van der Waals surface area contributed by atoms with Crippen LogP contribution in [0.15, 0.2) is 42.5 Å². The summed E-state index contributed by atoms with van der Waals surface area (Å²) in [7, 11) is 0. The number of hydrogen-bond donors (Lipinski definition) is 3. The van der Waals surface area contributed by atoms with Crippen molar-refractivity contribution in [2.24, 2.45) is 5.73 Å². The molecule has 0 bridgehead atoms. The summed E-state index contributed by atoms with van der Waals surface area (Å²) in [6.07, 6.45) is -3.52. The summed E-state index contributed by atoms with van der Waals surface area (Å²) in [5.74, 6) is -0.549. The van der Waals surface area contributed by atoms with E-state index in [0.29, 0.717) is 18.4 Å². The van der Waals surface area contributed by atoms with Crippen molar-refractivity contribution in [2.75, 3.05) is 11.9 Å². The minimum absolute atomic E-state index is 0.0207. The summed E-state index contributed by atoms with van der Waals surface area (Å²) >= 11 is 0. The molecule has 1 aromatic carbocycles. The van der Waals surface area contributed by atoms with Crippen molar-refractivity contribution in [2.45, 2.75) is 19.0 Å². The average molecular weight is 366 g/mol. The summed E-state index contributed by atoms with van der Waals surface area (Å²) in [4.78, 5) is 26.7. The number of aryl methyl sites for hydroxylation is 1. The van der Waals surface area contributed by atoms with Crippen molar-refractivity contribution in [3.8, 4) is 0 Å². The summed E-state index contributed by atoms with van der Waals surface area (Å²) in [6.45, 7) is 0.261. The number of nitrogens with two attached hydrogens (primary N) is 1. The molecule has 0 aliphatic heterocycles. The standard InChI is InChI=1S/C17H17F3N4O2/c18-17(19,20)12-6-1-4-11(10-12)5-3-9-22-16(26)24-14-8-2-7-13(23-14)15(21)25/h1-2,4,6-8,10H,3,5,9H2,(H2,21,25)(H2,22,23,24,26). The van der Waals surface area contributed by atoms with Crippen LogP contribution in [0, 0.1) is 0 Å². The van der Waals surface area contributed by atoms with Crippen molar-refractivity contribution in [1.82, 2.24) is 10.3 Å². The smallest absolute Gasteiger partial charge is 0.364 e. The molecule has 0 spiro atoms. The molecule has 2 rings (SSSR count). The Morgan fingerprint density at radius 3 is 2.54 bits per heavy atom. The Hall–Kier alpha value is -3.10. The number of rotatable bonds is 6. The first-order valence-electron chi connectivity index (χ1n) is 7.73. The van der Waals surface area contributed by atoms with Crippen LogP contribution in [0.1, 0.15) is 28.0 Å². The molecule has 1 heterocycles. The zero-order valence-electron chi connectivity index (χ0n) is 13.6. The highest BCUT2D eigenvalue weighted by molar-refractivity contribution is 5.92. The van der Waals surface area contributed by atoms with E-state index in [1.165, 1.54) is 24.3 Å². The topological polar surface area (TPSA) is 97.1 Å². The third-order valence-corrected chi connectivity index (χ3v) is 3.43. The van der Waals surface area contributed by atoms with E-state index in [-0.39, 0.29) is 18.1 Å². The van der Waals surface area contributed by atoms with Crippen LogP contribution >= 0.6 is 0 Å². The molecule has 0 atom stereocenters. The van der Waals surface area contributed by atoms with Gasteiger partial charge in [0.2, 0.25) is 0 Å². The van der Waals surface area contributed by atoms with Gasteiger partial charge >= 0.3 is 12.2 Å². The molecule has 26 heavy (non-hydrogen) atoms. The van der Waals surface area contributed by atoms with E-state index < -0.39 is 23.7 Å². The first-order valence-corrected chi connectivity index (χ1v) is 7.73. The average Bonchev–Trinajstić information content (AvgIpc) is 2.58. The minimum atomic E-state index is -4.37. The van der Waals surface area contributed by atoms with Crippen LogP contribution < -0.4 is 16.4 Å². The second-order valence-corrected chi connectivity index (χ2v) is 5.45. The van der Waals surface area contributed by atoms with Crippen LogP contribution in [-0.2, 0) is 12.6 Å². The highest BCUT2D eigenvalue weighted by atomic mass is 19.4. The third kappa shape index (κ3) is 5.76. The van der Waals surface area contributed by atoms with Gasteiger partial charge in [0.1, 0.15) is 11.5 Å². The summed E-state index contributed by atoms with van der Waals surface area (Å²) in [6, 6.07) is 8.97. The molecule has 3 amide bonds.